The summed E-state index contributed by atoms with van der Waals surface area (Å²) in [6, 6.07) is 3.54. The lowest BCUT2D eigenvalue weighted by Gasteiger charge is -2.28. The Labute approximate surface area is 115 Å². The van der Waals surface area contributed by atoms with E-state index in [0.717, 1.165) is 6.07 Å². The second-order valence-electron chi connectivity index (χ2n) is 4.53. The first kappa shape index (κ1) is 16.1. The van der Waals surface area contributed by atoms with E-state index >= 15 is 0 Å². The Morgan fingerprint density at radius 2 is 1.85 bits per heavy atom. The monoisotopic (exact) mass is 285 g/mol. The number of carbonyl (C=O) groups excluding carboxylic acids is 1. The number of hydrogen-bond acceptors (Lipinski definition) is 2. The molecule has 0 aliphatic rings. The van der Waals surface area contributed by atoms with Gasteiger partial charge in [-0.15, -0.1) is 0 Å². The standard InChI is InChI=1S/C14H17F2NO3/c1-3-14(4-2,13(19)20)17-11(18)8-9-6-5-7-10(15)12(9)16/h5-7H,3-4,8H2,1-2H3,(H,17,18)(H,19,20). The van der Waals surface area contributed by atoms with Crippen LogP contribution >= 0.6 is 0 Å². The molecule has 0 aliphatic heterocycles. The molecule has 0 radical (unpaired) electrons. The normalized spacial score (nSPS) is 11.2. The molecular formula is C14H17F2NO3. The summed E-state index contributed by atoms with van der Waals surface area (Å²) in [5, 5.41) is 11.6. The van der Waals surface area contributed by atoms with E-state index in [9.17, 15) is 23.5 Å². The van der Waals surface area contributed by atoms with Crippen LogP contribution in [0.25, 0.3) is 0 Å². The van der Waals surface area contributed by atoms with Gasteiger partial charge < -0.3 is 10.4 Å². The molecular weight excluding hydrogens is 268 g/mol. The molecule has 0 aromatic heterocycles. The molecule has 1 aromatic rings. The zero-order chi connectivity index (χ0) is 15.3. The fourth-order valence-corrected chi connectivity index (χ4v) is 1.95. The van der Waals surface area contributed by atoms with Crippen LogP contribution in [-0.4, -0.2) is 22.5 Å². The third kappa shape index (κ3) is 3.31. The lowest BCUT2D eigenvalue weighted by Crippen LogP contribution is -2.54. The van der Waals surface area contributed by atoms with E-state index in [0.29, 0.717) is 0 Å². The average Bonchev–Trinajstić information content (AvgIpc) is 2.41. The number of carboxylic acids is 1. The number of benzene rings is 1. The van der Waals surface area contributed by atoms with Crippen LogP contribution in [0.15, 0.2) is 18.2 Å². The van der Waals surface area contributed by atoms with Gasteiger partial charge in [0.05, 0.1) is 6.42 Å². The van der Waals surface area contributed by atoms with Gasteiger partial charge in [0.1, 0.15) is 5.54 Å². The van der Waals surface area contributed by atoms with Gasteiger partial charge in [-0.1, -0.05) is 26.0 Å². The Balaban J connectivity index is 2.86. The van der Waals surface area contributed by atoms with Crippen LogP contribution in [-0.2, 0) is 16.0 Å². The summed E-state index contributed by atoms with van der Waals surface area (Å²) in [7, 11) is 0. The molecule has 0 aliphatic carbocycles. The molecule has 20 heavy (non-hydrogen) atoms. The third-order valence-corrected chi connectivity index (χ3v) is 3.38. The predicted octanol–water partition coefficient (Wildman–Crippen LogP) is 2.27. The molecule has 1 aromatic carbocycles. The second kappa shape index (κ2) is 6.45. The number of carboxylic acid groups (broad SMARTS) is 1. The van der Waals surface area contributed by atoms with Gasteiger partial charge in [-0.2, -0.15) is 0 Å². The molecule has 0 bridgehead atoms. The molecule has 6 heteroatoms. The summed E-state index contributed by atoms with van der Waals surface area (Å²) >= 11 is 0. The minimum atomic E-state index is -1.37. The van der Waals surface area contributed by atoms with Crippen molar-refractivity contribution in [2.24, 2.45) is 0 Å². The van der Waals surface area contributed by atoms with Crippen LogP contribution in [0, 0.1) is 11.6 Å². The van der Waals surface area contributed by atoms with Crippen LogP contribution in [0.4, 0.5) is 8.78 Å². The van der Waals surface area contributed by atoms with Gasteiger partial charge >= 0.3 is 5.97 Å². The van der Waals surface area contributed by atoms with Gasteiger partial charge in [-0.05, 0) is 18.9 Å². The lowest BCUT2D eigenvalue weighted by molar-refractivity contribution is -0.148. The molecule has 0 saturated heterocycles. The highest BCUT2D eigenvalue weighted by atomic mass is 19.2. The number of amides is 1. The molecule has 1 amide bonds. The first-order valence-corrected chi connectivity index (χ1v) is 6.33. The third-order valence-electron chi connectivity index (χ3n) is 3.38. The summed E-state index contributed by atoms with van der Waals surface area (Å²) in [5.74, 6) is -3.92. The number of nitrogens with one attached hydrogen (secondary N) is 1. The van der Waals surface area contributed by atoms with E-state index in [4.69, 9.17) is 0 Å². The quantitative estimate of drug-likeness (QED) is 0.842. The minimum absolute atomic E-state index is 0.103. The SMILES string of the molecule is CCC(CC)(NC(=O)Cc1cccc(F)c1F)C(=O)O. The number of rotatable bonds is 6. The van der Waals surface area contributed by atoms with Gasteiger partial charge in [-0.25, -0.2) is 13.6 Å². The Hall–Kier alpha value is -1.98. The van der Waals surface area contributed by atoms with Crippen LogP contribution in [0.3, 0.4) is 0 Å². The summed E-state index contributed by atoms with van der Waals surface area (Å²) < 4.78 is 26.5. The van der Waals surface area contributed by atoms with Crippen molar-refractivity contribution in [1.82, 2.24) is 5.32 Å². The largest absolute Gasteiger partial charge is 0.480 e. The smallest absolute Gasteiger partial charge is 0.329 e. The first-order chi connectivity index (χ1) is 9.36. The maximum atomic E-state index is 13.4. The number of hydrogen-bond donors (Lipinski definition) is 2. The molecule has 1 rings (SSSR count). The lowest BCUT2D eigenvalue weighted by atomic mass is 9.92. The highest BCUT2D eigenvalue weighted by Gasteiger charge is 2.36. The minimum Gasteiger partial charge on any atom is -0.480 e. The molecule has 0 saturated carbocycles. The highest BCUT2D eigenvalue weighted by Crippen LogP contribution is 2.17. The fourth-order valence-electron chi connectivity index (χ4n) is 1.95. The predicted molar refractivity (Wildman–Crippen MR) is 69.2 cm³/mol. The number of aliphatic carboxylic acids is 1. The molecule has 0 heterocycles. The Morgan fingerprint density at radius 3 is 2.35 bits per heavy atom. The van der Waals surface area contributed by atoms with Crippen molar-refractivity contribution in [3.8, 4) is 0 Å². The second-order valence-corrected chi connectivity index (χ2v) is 4.53. The van der Waals surface area contributed by atoms with Crippen LogP contribution in [0.1, 0.15) is 32.3 Å². The topological polar surface area (TPSA) is 66.4 Å². The zero-order valence-electron chi connectivity index (χ0n) is 11.4. The Bertz CT molecular complexity index is 513. The van der Waals surface area contributed by atoms with E-state index in [-0.39, 0.29) is 18.4 Å². The van der Waals surface area contributed by atoms with Crippen molar-refractivity contribution in [2.75, 3.05) is 0 Å². The number of carbonyl (C=O) groups is 2. The zero-order valence-corrected chi connectivity index (χ0v) is 11.4. The maximum Gasteiger partial charge on any atom is 0.329 e. The van der Waals surface area contributed by atoms with Gasteiger partial charge in [0.25, 0.3) is 0 Å². The van der Waals surface area contributed by atoms with Crippen molar-refractivity contribution >= 4 is 11.9 Å². The van der Waals surface area contributed by atoms with Gasteiger partial charge in [-0.3, -0.25) is 4.79 Å². The van der Waals surface area contributed by atoms with Crippen LogP contribution < -0.4 is 5.32 Å². The average molecular weight is 285 g/mol. The molecule has 0 unspecified atom stereocenters. The molecule has 4 nitrogen and oxygen atoms in total. The summed E-state index contributed by atoms with van der Waals surface area (Å²) in [6.07, 6.45) is 0.00500. The maximum absolute atomic E-state index is 13.4. The van der Waals surface area contributed by atoms with E-state index < -0.39 is 35.5 Å². The Kier molecular flexibility index (Phi) is 5.19. The fraction of sp³-hybridized carbons (Fsp3) is 0.429. The summed E-state index contributed by atoms with van der Waals surface area (Å²) in [5.41, 5.74) is -1.48. The van der Waals surface area contributed by atoms with Crippen molar-refractivity contribution < 1.29 is 23.5 Å². The Morgan fingerprint density at radius 1 is 1.25 bits per heavy atom. The number of halogens is 2. The van der Waals surface area contributed by atoms with E-state index in [1.807, 2.05) is 0 Å². The van der Waals surface area contributed by atoms with Crippen molar-refractivity contribution in [3.05, 3.63) is 35.4 Å². The van der Waals surface area contributed by atoms with Crippen LogP contribution in [0.2, 0.25) is 0 Å². The van der Waals surface area contributed by atoms with Crippen molar-refractivity contribution in [2.45, 2.75) is 38.6 Å². The summed E-state index contributed by atoms with van der Waals surface area (Å²) in [6.45, 7) is 3.28. The van der Waals surface area contributed by atoms with Crippen molar-refractivity contribution in [1.29, 1.82) is 0 Å². The van der Waals surface area contributed by atoms with Crippen molar-refractivity contribution in [3.63, 3.8) is 0 Å². The van der Waals surface area contributed by atoms with E-state index in [1.54, 1.807) is 13.8 Å². The molecule has 2 N–H and O–H groups in total. The van der Waals surface area contributed by atoms with E-state index in [1.165, 1.54) is 12.1 Å². The van der Waals surface area contributed by atoms with E-state index in [2.05, 4.69) is 5.32 Å². The first-order valence-electron chi connectivity index (χ1n) is 6.33. The van der Waals surface area contributed by atoms with Gasteiger partial charge in [0, 0.05) is 5.56 Å². The van der Waals surface area contributed by atoms with Gasteiger partial charge in [0.2, 0.25) is 5.91 Å². The molecule has 0 atom stereocenters. The molecule has 0 spiro atoms. The van der Waals surface area contributed by atoms with Gasteiger partial charge in [0.15, 0.2) is 11.6 Å². The highest BCUT2D eigenvalue weighted by molar-refractivity contribution is 5.87. The molecule has 110 valence electrons. The molecule has 0 fully saturated rings. The van der Waals surface area contributed by atoms with Crippen LogP contribution in [0.5, 0.6) is 0 Å². The summed E-state index contributed by atoms with van der Waals surface area (Å²) in [4.78, 5) is 23.1.